The molecule has 2 amide bonds. The lowest BCUT2D eigenvalue weighted by molar-refractivity contribution is -0.120. The fourth-order valence-corrected chi connectivity index (χ4v) is 5.39. The molecule has 2 heterocycles. The van der Waals surface area contributed by atoms with Crippen molar-refractivity contribution in [3.63, 3.8) is 0 Å². The largest absolute Gasteiger partial charge is 0.368 e. The van der Waals surface area contributed by atoms with Gasteiger partial charge in [-0.25, -0.2) is 4.98 Å². The zero-order valence-electron chi connectivity index (χ0n) is 18.8. The summed E-state index contributed by atoms with van der Waals surface area (Å²) in [6.45, 7) is 4.00. The minimum Gasteiger partial charge on any atom is -0.368 e. The second kappa shape index (κ2) is 9.86. The average molecular weight is 453 g/mol. The Morgan fingerprint density at radius 3 is 2.66 bits per heavy atom. The monoisotopic (exact) mass is 452 g/mol. The molecular weight excluding hydrogens is 420 g/mol. The molecule has 1 fully saturated rings. The van der Waals surface area contributed by atoms with Gasteiger partial charge in [0, 0.05) is 22.9 Å². The zero-order chi connectivity index (χ0) is 22.7. The highest BCUT2D eigenvalue weighted by Crippen LogP contribution is 2.33. The summed E-state index contributed by atoms with van der Waals surface area (Å²) < 4.78 is 2.40. The zero-order valence-corrected chi connectivity index (χ0v) is 19.7. The van der Waals surface area contributed by atoms with Crippen molar-refractivity contribution >= 4 is 34.2 Å². The van der Waals surface area contributed by atoms with E-state index in [1.165, 1.54) is 37.0 Å². The number of hydrogen-bond acceptors (Lipinski definition) is 4. The molecule has 1 unspecified atom stereocenters. The molecule has 0 saturated heterocycles. The van der Waals surface area contributed by atoms with E-state index in [0.717, 1.165) is 23.3 Å². The predicted octanol–water partition coefficient (Wildman–Crippen LogP) is 4.82. The minimum absolute atomic E-state index is 0.251. The Balaban J connectivity index is 1.66. The molecule has 6 nitrogen and oxygen atoms in total. The first kappa shape index (κ1) is 22.5. The van der Waals surface area contributed by atoms with Gasteiger partial charge in [-0.15, -0.1) is 11.3 Å². The van der Waals surface area contributed by atoms with E-state index < -0.39 is 11.9 Å². The smallest absolute Gasteiger partial charge is 0.252 e. The van der Waals surface area contributed by atoms with Crippen LogP contribution in [0.1, 0.15) is 79.5 Å². The lowest BCUT2D eigenvalue weighted by Crippen LogP contribution is -2.45. The number of aromatic nitrogens is 2. The van der Waals surface area contributed by atoms with E-state index in [4.69, 9.17) is 10.7 Å². The van der Waals surface area contributed by atoms with Crippen LogP contribution in [0.2, 0.25) is 0 Å². The van der Waals surface area contributed by atoms with Crippen LogP contribution >= 0.6 is 11.3 Å². The third kappa shape index (κ3) is 5.04. The number of hydrogen-bond donors (Lipinski definition) is 2. The van der Waals surface area contributed by atoms with E-state index in [1.807, 2.05) is 32.0 Å². The maximum absolute atomic E-state index is 12.9. The van der Waals surface area contributed by atoms with Gasteiger partial charge in [0.1, 0.15) is 11.9 Å². The number of nitrogens with two attached hydrogens (primary N) is 1. The molecule has 1 atom stereocenters. The van der Waals surface area contributed by atoms with Gasteiger partial charge in [-0.1, -0.05) is 39.2 Å². The van der Waals surface area contributed by atoms with Gasteiger partial charge < -0.3 is 15.6 Å². The number of amides is 2. The molecule has 1 aromatic carbocycles. The third-order valence-electron chi connectivity index (χ3n) is 6.23. The molecule has 3 N–H and O–H groups in total. The molecule has 0 radical (unpaired) electrons. The van der Waals surface area contributed by atoms with E-state index in [1.54, 1.807) is 11.3 Å². The fourth-order valence-electron chi connectivity index (χ4n) is 4.69. The Morgan fingerprint density at radius 2 is 2.00 bits per heavy atom. The van der Waals surface area contributed by atoms with Crippen molar-refractivity contribution in [1.82, 2.24) is 14.9 Å². The van der Waals surface area contributed by atoms with Crippen LogP contribution in [-0.4, -0.2) is 27.4 Å². The quantitative estimate of drug-likeness (QED) is 0.513. The van der Waals surface area contributed by atoms with E-state index in [9.17, 15) is 9.59 Å². The number of nitrogens with one attached hydrogen (secondary N) is 1. The Bertz CT molecular complexity index is 1080. The number of imidazole rings is 1. The first-order chi connectivity index (χ1) is 15.4. The van der Waals surface area contributed by atoms with Crippen molar-refractivity contribution in [1.29, 1.82) is 0 Å². The molecule has 4 rings (SSSR count). The van der Waals surface area contributed by atoms with Crippen LogP contribution in [0.3, 0.4) is 0 Å². The van der Waals surface area contributed by atoms with Gasteiger partial charge in [0.25, 0.3) is 5.91 Å². The average Bonchev–Trinajstić information content (AvgIpc) is 3.40. The first-order valence-electron chi connectivity index (χ1n) is 11.6. The van der Waals surface area contributed by atoms with Crippen LogP contribution in [-0.2, 0) is 11.2 Å². The molecule has 0 aliphatic heterocycles. The number of fused-ring (bicyclic) bond motifs is 1. The summed E-state index contributed by atoms with van der Waals surface area (Å²) >= 11 is 1.74. The summed E-state index contributed by atoms with van der Waals surface area (Å²) in [5.41, 5.74) is 7.91. The maximum Gasteiger partial charge on any atom is 0.252 e. The summed E-state index contributed by atoms with van der Waals surface area (Å²) in [6, 6.07) is 9.68. The molecule has 170 valence electrons. The highest BCUT2D eigenvalue weighted by Gasteiger charge is 2.24. The molecular formula is C25H32N4O2S. The summed E-state index contributed by atoms with van der Waals surface area (Å²) in [5, 5.41) is 4.90. The Kier molecular flexibility index (Phi) is 6.94. The lowest BCUT2D eigenvalue weighted by Gasteiger charge is -2.25. The summed E-state index contributed by atoms with van der Waals surface area (Å²) in [7, 11) is 0. The van der Waals surface area contributed by atoms with Gasteiger partial charge in [0.05, 0.1) is 11.0 Å². The molecule has 0 bridgehead atoms. The molecule has 1 saturated carbocycles. The molecule has 2 aromatic heterocycles. The van der Waals surface area contributed by atoms with Crippen molar-refractivity contribution in [3.05, 3.63) is 52.0 Å². The first-order valence-corrected chi connectivity index (χ1v) is 12.4. The van der Waals surface area contributed by atoms with E-state index in [0.29, 0.717) is 18.0 Å². The predicted molar refractivity (Wildman–Crippen MR) is 129 cm³/mol. The number of rotatable bonds is 8. The molecule has 1 aliphatic carbocycles. The van der Waals surface area contributed by atoms with E-state index in [-0.39, 0.29) is 11.8 Å². The van der Waals surface area contributed by atoms with Crippen molar-refractivity contribution in [2.24, 2.45) is 11.7 Å². The van der Waals surface area contributed by atoms with Crippen LogP contribution in [0.15, 0.2) is 35.7 Å². The molecule has 32 heavy (non-hydrogen) atoms. The van der Waals surface area contributed by atoms with E-state index in [2.05, 4.69) is 27.4 Å². The van der Waals surface area contributed by atoms with Crippen molar-refractivity contribution in [2.75, 3.05) is 0 Å². The number of benzene rings is 1. The number of carbonyl (C=O) groups excluding carboxylic acids is 2. The SMILES string of the molecule is CC(C)CC(NC(=O)c1ccc2c(c1)nc(Cc1cccs1)n2C1CCCCC1)C(N)=O. The van der Waals surface area contributed by atoms with E-state index >= 15 is 0 Å². The summed E-state index contributed by atoms with van der Waals surface area (Å²) in [4.78, 5) is 30.9. The topological polar surface area (TPSA) is 90.0 Å². The second-order valence-corrected chi connectivity index (χ2v) is 10.2. The van der Waals surface area contributed by atoms with Crippen LogP contribution in [0.5, 0.6) is 0 Å². The number of nitrogens with zero attached hydrogens (tertiary/aromatic N) is 2. The van der Waals surface area contributed by atoms with Crippen LogP contribution in [0.4, 0.5) is 0 Å². The van der Waals surface area contributed by atoms with Crippen molar-refractivity contribution in [2.45, 2.75) is 70.9 Å². The van der Waals surface area contributed by atoms with Crippen LogP contribution in [0, 0.1) is 5.92 Å². The highest BCUT2D eigenvalue weighted by molar-refractivity contribution is 7.09. The molecule has 7 heteroatoms. The fraction of sp³-hybridized carbons (Fsp3) is 0.480. The number of primary amides is 1. The van der Waals surface area contributed by atoms with Gasteiger partial charge in [0.15, 0.2) is 0 Å². The van der Waals surface area contributed by atoms with Crippen LogP contribution < -0.4 is 11.1 Å². The molecule has 0 spiro atoms. The second-order valence-electron chi connectivity index (χ2n) is 9.21. The third-order valence-corrected chi connectivity index (χ3v) is 7.11. The van der Waals surface area contributed by atoms with Crippen molar-refractivity contribution < 1.29 is 9.59 Å². The normalized spacial score (nSPS) is 15.8. The van der Waals surface area contributed by atoms with Gasteiger partial charge in [-0.05, 0) is 54.8 Å². The molecule has 3 aromatic rings. The number of carbonyl (C=O) groups is 2. The lowest BCUT2D eigenvalue weighted by atomic mass is 9.95. The molecule has 1 aliphatic rings. The van der Waals surface area contributed by atoms with Crippen molar-refractivity contribution in [3.8, 4) is 0 Å². The Hall–Kier alpha value is -2.67. The van der Waals surface area contributed by atoms with Crippen LogP contribution in [0.25, 0.3) is 11.0 Å². The Labute approximate surface area is 193 Å². The summed E-state index contributed by atoms with van der Waals surface area (Å²) in [6.07, 6.45) is 7.43. The van der Waals surface area contributed by atoms with Gasteiger partial charge in [0.2, 0.25) is 5.91 Å². The van der Waals surface area contributed by atoms with Gasteiger partial charge in [-0.2, -0.15) is 0 Å². The van der Waals surface area contributed by atoms with Gasteiger partial charge >= 0.3 is 0 Å². The number of thiophene rings is 1. The standard InChI is InChI=1S/C25H32N4O2S/c1-16(2)13-21(24(26)30)28-25(31)17-10-11-22-20(14-17)27-23(15-19-9-6-12-32-19)29(22)18-7-4-3-5-8-18/h6,9-12,14,16,18,21H,3-5,7-8,13,15H2,1-2H3,(H2,26,30)(H,28,31). The Morgan fingerprint density at radius 1 is 1.22 bits per heavy atom. The summed E-state index contributed by atoms with van der Waals surface area (Å²) in [5.74, 6) is 0.513. The maximum atomic E-state index is 12.9. The minimum atomic E-state index is -0.674. The van der Waals surface area contributed by atoms with Gasteiger partial charge in [-0.3, -0.25) is 9.59 Å². The highest BCUT2D eigenvalue weighted by atomic mass is 32.1.